The summed E-state index contributed by atoms with van der Waals surface area (Å²) in [7, 11) is 2.01. The Kier molecular flexibility index (Phi) is 5.51. The van der Waals surface area contributed by atoms with Crippen LogP contribution in [0, 0.1) is 0 Å². The molecule has 0 unspecified atom stereocenters. The molecule has 0 aromatic heterocycles. The molecule has 0 radical (unpaired) electrons. The lowest BCUT2D eigenvalue weighted by Crippen LogP contribution is -2.46. The topological polar surface area (TPSA) is 53.6 Å². The van der Waals surface area contributed by atoms with Crippen molar-refractivity contribution >= 4 is 22.3 Å². The first-order valence-corrected chi connectivity index (χ1v) is 8.76. The van der Waals surface area contributed by atoms with Gasteiger partial charge in [0.05, 0.1) is 0 Å². The average Bonchev–Trinajstić information content (AvgIpc) is 2.67. The smallest absolute Gasteiger partial charge is 0.195 e. The normalized spacial score (nSPS) is 16.4. The van der Waals surface area contributed by atoms with Crippen molar-refractivity contribution in [1.29, 1.82) is 0 Å². The second kappa shape index (κ2) is 7.99. The molecule has 2 aromatic carbocycles. The highest BCUT2D eigenvalue weighted by Crippen LogP contribution is 2.21. The molecule has 1 aliphatic heterocycles. The van der Waals surface area contributed by atoms with Crippen LogP contribution >= 0.6 is 0 Å². The molecule has 0 bridgehead atoms. The molecule has 25 heavy (non-hydrogen) atoms. The van der Waals surface area contributed by atoms with E-state index in [4.69, 9.17) is 5.73 Å². The van der Waals surface area contributed by atoms with Gasteiger partial charge in [-0.25, -0.2) is 4.99 Å². The quantitative estimate of drug-likeness (QED) is 0.512. The summed E-state index contributed by atoms with van der Waals surface area (Å²) in [6.45, 7) is 6.22. The van der Waals surface area contributed by atoms with Crippen molar-refractivity contribution < 1.29 is 0 Å². The molecular formula is C21H26N4. The molecule has 0 amide bonds. The van der Waals surface area contributed by atoms with Gasteiger partial charge in [-0.1, -0.05) is 43.0 Å². The lowest BCUT2D eigenvalue weighted by molar-refractivity contribution is 0.287. The number of fused-ring (bicyclic) bond motifs is 1. The molecule has 2 aromatic rings. The maximum absolute atomic E-state index is 6.12. The number of hydrogen-bond donors (Lipinski definition) is 2. The van der Waals surface area contributed by atoms with Crippen LogP contribution in [0.25, 0.3) is 16.3 Å². The van der Waals surface area contributed by atoms with E-state index in [-0.39, 0.29) is 0 Å². The first-order chi connectivity index (χ1) is 12.1. The number of hydrogen-bond acceptors (Lipinski definition) is 2. The summed E-state index contributed by atoms with van der Waals surface area (Å²) in [4.78, 5) is 6.46. The molecule has 1 saturated heterocycles. The molecule has 3 rings (SSSR count). The molecule has 0 atom stereocenters. The molecule has 3 N–H and O–H groups in total. The number of nitrogens with zero attached hydrogens (tertiary/aromatic N) is 2. The molecule has 0 aliphatic carbocycles. The Balaban J connectivity index is 1.66. The Labute approximate surface area is 149 Å². The minimum Gasteiger partial charge on any atom is -0.370 e. The fourth-order valence-electron chi connectivity index (χ4n) is 3.16. The second-order valence-electron chi connectivity index (χ2n) is 6.48. The van der Waals surface area contributed by atoms with E-state index in [2.05, 4.69) is 52.1 Å². The minimum absolute atomic E-state index is 0.460. The molecule has 4 heteroatoms. The van der Waals surface area contributed by atoms with Gasteiger partial charge in [0, 0.05) is 19.3 Å². The number of nitrogens with one attached hydrogen (secondary N) is 1. The first-order valence-electron chi connectivity index (χ1n) is 8.76. The maximum Gasteiger partial charge on any atom is 0.195 e. The maximum atomic E-state index is 6.12. The summed E-state index contributed by atoms with van der Waals surface area (Å²) in [5, 5.41) is 5.81. The van der Waals surface area contributed by atoms with Gasteiger partial charge in [0.1, 0.15) is 0 Å². The molecule has 1 heterocycles. The third-order valence-electron chi connectivity index (χ3n) is 4.82. The first kappa shape index (κ1) is 17.2. The Morgan fingerprint density at radius 3 is 2.68 bits per heavy atom. The second-order valence-corrected chi connectivity index (χ2v) is 6.48. The number of allylic oxidation sites excluding steroid dienone is 2. The number of rotatable bonds is 4. The van der Waals surface area contributed by atoms with Gasteiger partial charge in [-0.15, -0.1) is 0 Å². The number of benzene rings is 2. The fraction of sp³-hybridized carbons (Fsp3) is 0.286. The van der Waals surface area contributed by atoms with Crippen LogP contribution in [0.15, 0.2) is 66.3 Å². The fourth-order valence-corrected chi connectivity index (χ4v) is 3.16. The number of nitrogens with two attached hydrogens (primary N) is 1. The molecular weight excluding hydrogens is 308 g/mol. The van der Waals surface area contributed by atoms with Gasteiger partial charge in [-0.2, -0.15) is 0 Å². The van der Waals surface area contributed by atoms with Crippen LogP contribution in [0.4, 0.5) is 0 Å². The SMILES string of the molecule is C=C(/C=C\N=C(N)N(C)C1CCNCC1)c1ccc2ccccc2c1. The van der Waals surface area contributed by atoms with Crippen molar-refractivity contribution in [2.24, 2.45) is 10.7 Å². The van der Waals surface area contributed by atoms with E-state index in [1.807, 2.05) is 25.3 Å². The van der Waals surface area contributed by atoms with E-state index in [9.17, 15) is 0 Å². The van der Waals surface area contributed by atoms with Crippen LogP contribution in [-0.4, -0.2) is 37.0 Å². The van der Waals surface area contributed by atoms with Gasteiger partial charge >= 0.3 is 0 Å². The third kappa shape index (κ3) is 4.28. The molecule has 1 aliphatic rings. The van der Waals surface area contributed by atoms with Crippen molar-refractivity contribution in [2.75, 3.05) is 20.1 Å². The van der Waals surface area contributed by atoms with Crippen LogP contribution in [0.5, 0.6) is 0 Å². The van der Waals surface area contributed by atoms with Gasteiger partial charge in [0.2, 0.25) is 0 Å². The number of piperidine rings is 1. The van der Waals surface area contributed by atoms with E-state index in [1.165, 1.54) is 10.8 Å². The summed E-state index contributed by atoms with van der Waals surface area (Å²) >= 11 is 0. The summed E-state index contributed by atoms with van der Waals surface area (Å²) in [6, 6.07) is 15.1. The molecule has 130 valence electrons. The monoisotopic (exact) mass is 334 g/mol. The lowest BCUT2D eigenvalue weighted by Gasteiger charge is -2.32. The van der Waals surface area contributed by atoms with Crippen LogP contribution in [0.2, 0.25) is 0 Å². The summed E-state index contributed by atoms with van der Waals surface area (Å²) in [6.07, 6.45) is 5.85. The Bertz CT molecular complexity index is 800. The van der Waals surface area contributed by atoms with Gasteiger partial charge in [0.25, 0.3) is 0 Å². The number of aliphatic imine (C=N–C) groups is 1. The Morgan fingerprint density at radius 2 is 1.92 bits per heavy atom. The van der Waals surface area contributed by atoms with E-state index in [0.717, 1.165) is 37.1 Å². The molecule has 4 nitrogen and oxygen atoms in total. The summed E-state index contributed by atoms with van der Waals surface area (Å²) < 4.78 is 0. The Morgan fingerprint density at radius 1 is 1.20 bits per heavy atom. The van der Waals surface area contributed by atoms with Gasteiger partial charge in [0.15, 0.2) is 5.96 Å². The van der Waals surface area contributed by atoms with Crippen molar-refractivity contribution in [3.8, 4) is 0 Å². The highest BCUT2D eigenvalue weighted by Gasteiger charge is 2.18. The summed E-state index contributed by atoms with van der Waals surface area (Å²) in [5.41, 5.74) is 8.14. The zero-order valence-electron chi connectivity index (χ0n) is 14.8. The standard InChI is InChI=1S/C21H26N4/c1-16(18-8-7-17-5-3-4-6-19(17)15-18)9-14-24-21(22)25(2)20-10-12-23-13-11-20/h3-9,14-15,20,23H,1,10-13H2,2H3,(H2,22,24)/b14-9-. The predicted molar refractivity (Wildman–Crippen MR) is 107 cm³/mol. The highest BCUT2D eigenvalue weighted by atomic mass is 15.3. The summed E-state index contributed by atoms with van der Waals surface area (Å²) in [5.74, 6) is 0.550. The zero-order chi connectivity index (χ0) is 17.6. The highest BCUT2D eigenvalue weighted by molar-refractivity contribution is 5.87. The van der Waals surface area contributed by atoms with Crippen molar-refractivity contribution in [1.82, 2.24) is 10.2 Å². The molecule has 0 saturated carbocycles. The predicted octanol–water partition coefficient (Wildman–Crippen LogP) is 3.37. The van der Waals surface area contributed by atoms with Gasteiger partial charge in [-0.05, 0) is 60.0 Å². The van der Waals surface area contributed by atoms with Crippen molar-refractivity contribution in [3.05, 3.63) is 66.9 Å². The van der Waals surface area contributed by atoms with E-state index in [1.54, 1.807) is 6.20 Å². The largest absolute Gasteiger partial charge is 0.370 e. The van der Waals surface area contributed by atoms with E-state index in [0.29, 0.717) is 12.0 Å². The zero-order valence-corrected chi connectivity index (χ0v) is 14.8. The average molecular weight is 334 g/mol. The third-order valence-corrected chi connectivity index (χ3v) is 4.82. The van der Waals surface area contributed by atoms with Crippen LogP contribution < -0.4 is 11.1 Å². The van der Waals surface area contributed by atoms with Gasteiger partial charge < -0.3 is 16.0 Å². The van der Waals surface area contributed by atoms with Crippen molar-refractivity contribution in [3.63, 3.8) is 0 Å². The minimum atomic E-state index is 0.460. The van der Waals surface area contributed by atoms with E-state index < -0.39 is 0 Å². The van der Waals surface area contributed by atoms with Crippen LogP contribution in [-0.2, 0) is 0 Å². The molecule has 1 fully saturated rings. The van der Waals surface area contributed by atoms with Crippen LogP contribution in [0.1, 0.15) is 18.4 Å². The van der Waals surface area contributed by atoms with Gasteiger partial charge in [-0.3, -0.25) is 0 Å². The Hall–Kier alpha value is -2.59. The number of guanidine groups is 1. The lowest BCUT2D eigenvalue weighted by atomic mass is 10.0. The van der Waals surface area contributed by atoms with E-state index >= 15 is 0 Å². The van der Waals surface area contributed by atoms with Crippen LogP contribution in [0.3, 0.4) is 0 Å². The van der Waals surface area contributed by atoms with Crippen molar-refractivity contribution in [2.45, 2.75) is 18.9 Å². The molecule has 0 spiro atoms.